The van der Waals surface area contributed by atoms with Gasteiger partial charge in [-0.1, -0.05) is 13.8 Å². The SMILES string of the molecule is CC(C)COC(=S)N[C@@H]1CCS(=O)(=O)C1. The molecule has 0 bridgehead atoms. The van der Waals surface area contributed by atoms with Crippen molar-refractivity contribution in [3.05, 3.63) is 0 Å². The fourth-order valence-corrected chi connectivity index (χ4v) is 3.27. The van der Waals surface area contributed by atoms with Gasteiger partial charge in [-0.15, -0.1) is 0 Å². The number of nitrogens with one attached hydrogen (secondary N) is 1. The molecule has 4 nitrogen and oxygen atoms in total. The molecule has 0 spiro atoms. The van der Waals surface area contributed by atoms with Gasteiger partial charge in [0.25, 0.3) is 5.17 Å². The molecule has 1 aliphatic rings. The molecule has 0 aromatic heterocycles. The number of rotatable bonds is 3. The van der Waals surface area contributed by atoms with Gasteiger partial charge < -0.3 is 10.1 Å². The summed E-state index contributed by atoms with van der Waals surface area (Å²) in [5, 5.41) is 3.23. The molecule has 1 atom stereocenters. The number of hydrogen-bond donors (Lipinski definition) is 1. The average molecular weight is 251 g/mol. The summed E-state index contributed by atoms with van der Waals surface area (Å²) in [7, 11) is -2.85. The first kappa shape index (κ1) is 12.7. The maximum atomic E-state index is 11.2. The van der Waals surface area contributed by atoms with E-state index >= 15 is 0 Å². The highest BCUT2D eigenvalue weighted by atomic mass is 32.2. The first-order valence-corrected chi connectivity index (χ1v) is 7.26. The maximum absolute atomic E-state index is 11.2. The summed E-state index contributed by atoms with van der Waals surface area (Å²) in [5.74, 6) is 0.826. The van der Waals surface area contributed by atoms with Gasteiger partial charge >= 0.3 is 0 Å². The molecule has 0 unspecified atom stereocenters. The third kappa shape index (κ3) is 4.79. The normalized spacial score (nSPS) is 24.1. The van der Waals surface area contributed by atoms with Crippen LogP contribution in [0, 0.1) is 5.92 Å². The van der Waals surface area contributed by atoms with Crippen LogP contribution in [0.2, 0.25) is 0 Å². The lowest BCUT2D eigenvalue weighted by Crippen LogP contribution is -2.36. The van der Waals surface area contributed by atoms with Crippen molar-refractivity contribution in [2.45, 2.75) is 26.3 Å². The Bertz CT molecular complexity index is 324. The van der Waals surface area contributed by atoms with Crippen molar-refractivity contribution in [1.82, 2.24) is 5.32 Å². The van der Waals surface area contributed by atoms with E-state index in [0.29, 0.717) is 24.1 Å². The zero-order valence-electron chi connectivity index (χ0n) is 9.02. The highest BCUT2D eigenvalue weighted by Gasteiger charge is 2.28. The topological polar surface area (TPSA) is 55.4 Å². The van der Waals surface area contributed by atoms with E-state index in [9.17, 15) is 8.42 Å². The lowest BCUT2D eigenvalue weighted by molar-refractivity contribution is 0.251. The van der Waals surface area contributed by atoms with Crippen LogP contribution in [0.15, 0.2) is 0 Å². The molecule has 1 aliphatic heterocycles. The van der Waals surface area contributed by atoms with Crippen LogP contribution in [0.4, 0.5) is 0 Å². The molecule has 6 heteroatoms. The Balaban J connectivity index is 2.28. The van der Waals surface area contributed by atoms with Crippen molar-refractivity contribution < 1.29 is 13.2 Å². The Morgan fingerprint density at radius 1 is 1.60 bits per heavy atom. The van der Waals surface area contributed by atoms with E-state index in [4.69, 9.17) is 17.0 Å². The van der Waals surface area contributed by atoms with Gasteiger partial charge in [0, 0.05) is 6.04 Å². The number of hydrogen-bond acceptors (Lipinski definition) is 4. The third-order valence-corrected chi connectivity index (χ3v) is 4.11. The second-order valence-corrected chi connectivity index (χ2v) is 6.84. The summed E-state index contributed by atoms with van der Waals surface area (Å²) >= 11 is 4.96. The van der Waals surface area contributed by atoms with E-state index in [1.54, 1.807) is 0 Å². The van der Waals surface area contributed by atoms with Gasteiger partial charge in [0.1, 0.15) is 0 Å². The monoisotopic (exact) mass is 251 g/mol. The van der Waals surface area contributed by atoms with Gasteiger partial charge in [-0.2, -0.15) is 0 Å². The molecule has 88 valence electrons. The lowest BCUT2D eigenvalue weighted by atomic mass is 10.2. The Kier molecular flexibility index (Phi) is 4.33. The maximum Gasteiger partial charge on any atom is 0.256 e. The van der Waals surface area contributed by atoms with Crippen LogP contribution in [0.5, 0.6) is 0 Å². The van der Waals surface area contributed by atoms with E-state index < -0.39 is 9.84 Å². The summed E-state index contributed by atoms with van der Waals surface area (Å²) < 4.78 is 27.6. The fraction of sp³-hybridized carbons (Fsp3) is 0.889. The van der Waals surface area contributed by atoms with Gasteiger partial charge in [-0.05, 0) is 24.6 Å². The average Bonchev–Trinajstić information content (AvgIpc) is 2.42. The van der Waals surface area contributed by atoms with Crippen LogP contribution < -0.4 is 5.32 Å². The Morgan fingerprint density at radius 2 is 2.27 bits per heavy atom. The van der Waals surface area contributed by atoms with Crippen LogP contribution in [-0.2, 0) is 14.6 Å². The summed E-state index contributed by atoms with van der Waals surface area (Å²) in [4.78, 5) is 0. The predicted molar refractivity (Wildman–Crippen MR) is 63.6 cm³/mol. The van der Waals surface area contributed by atoms with E-state index in [-0.39, 0.29) is 17.5 Å². The quantitative estimate of drug-likeness (QED) is 0.749. The minimum absolute atomic E-state index is 0.0744. The molecule has 1 heterocycles. The van der Waals surface area contributed by atoms with Gasteiger partial charge in [-0.3, -0.25) is 0 Å². The molecule has 0 amide bonds. The van der Waals surface area contributed by atoms with Crippen LogP contribution in [0.1, 0.15) is 20.3 Å². The molecule has 1 fully saturated rings. The highest BCUT2D eigenvalue weighted by Crippen LogP contribution is 2.11. The van der Waals surface area contributed by atoms with Crippen molar-refractivity contribution in [2.75, 3.05) is 18.1 Å². The molecule has 0 radical (unpaired) electrons. The molecular weight excluding hydrogens is 234 g/mol. The van der Waals surface area contributed by atoms with E-state index in [2.05, 4.69) is 5.32 Å². The molecular formula is C9H17NO3S2. The molecule has 0 saturated carbocycles. The minimum atomic E-state index is -2.85. The Morgan fingerprint density at radius 3 is 2.73 bits per heavy atom. The Hall–Kier alpha value is -0.360. The van der Waals surface area contributed by atoms with E-state index in [1.807, 2.05) is 13.8 Å². The third-order valence-electron chi connectivity index (χ3n) is 2.10. The van der Waals surface area contributed by atoms with Crippen molar-refractivity contribution >= 4 is 27.2 Å². The molecule has 1 saturated heterocycles. The van der Waals surface area contributed by atoms with Crippen LogP contribution in [0.25, 0.3) is 0 Å². The summed E-state index contributed by atoms with van der Waals surface area (Å²) in [6.45, 7) is 4.62. The van der Waals surface area contributed by atoms with Crippen molar-refractivity contribution in [3.63, 3.8) is 0 Å². The Labute approximate surface area is 96.3 Å². The van der Waals surface area contributed by atoms with Crippen LogP contribution >= 0.6 is 12.2 Å². The number of ether oxygens (including phenoxy) is 1. The first-order chi connectivity index (χ1) is 6.89. The zero-order chi connectivity index (χ0) is 11.5. The molecule has 0 aliphatic carbocycles. The zero-order valence-corrected chi connectivity index (χ0v) is 10.7. The second-order valence-electron chi connectivity index (χ2n) is 4.24. The van der Waals surface area contributed by atoms with Crippen LogP contribution in [-0.4, -0.2) is 37.7 Å². The molecule has 1 rings (SSSR count). The number of sulfone groups is 1. The smallest absolute Gasteiger partial charge is 0.256 e. The predicted octanol–water partition coefficient (Wildman–Crippen LogP) is 0.721. The highest BCUT2D eigenvalue weighted by molar-refractivity contribution is 7.91. The van der Waals surface area contributed by atoms with E-state index in [0.717, 1.165) is 0 Å². The summed E-state index contributed by atoms with van der Waals surface area (Å²) in [5.41, 5.74) is 0. The molecule has 15 heavy (non-hydrogen) atoms. The van der Waals surface area contributed by atoms with Crippen LogP contribution in [0.3, 0.4) is 0 Å². The van der Waals surface area contributed by atoms with Crippen molar-refractivity contribution in [3.8, 4) is 0 Å². The summed E-state index contributed by atoms with van der Waals surface area (Å²) in [6, 6.07) is -0.0744. The lowest BCUT2D eigenvalue weighted by Gasteiger charge is -2.14. The minimum Gasteiger partial charge on any atom is -0.471 e. The van der Waals surface area contributed by atoms with Gasteiger partial charge in [0.2, 0.25) is 0 Å². The number of thiocarbonyl (C=S) groups is 1. The van der Waals surface area contributed by atoms with Gasteiger partial charge in [-0.25, -0.2) is 8.42 Å². The van der Waals surface area contributed by atoms with Crippen molar-refractivity contribution in [1.29, 1.82) is 0 Å². The molecule has 0 aromatic carbocycles. The van der Waals surface area contributed by atoms with E-state index in [1.165, 1.54) is 0 Å². The van der Waals surface area contributed by atoms with Crippen molar-refractivity contribution in [2.24, 2.45) is 5.92 Å². The standard InChI is InChI=1S/C9H17NO3S2/c1-7(2)5-13-9(14)10-8-3-4-15(11,12)6-8/h7-8H,3-6H2,1-2H3,(H,10,14)/t8-/m1/s1. The van der Waals surface area contributed by atoms with Gasteiger partial charge in [0.15, 0.2) is 9.84 Å². The second kappa shape index (κ2) is 5.12. The fourth-order valence-electron chi connectivity index (χ4n) is 1.36. The molecule has 0 aromatic rings. The summed E-state index contributed by atoms with van der Waals surface area (Å²) in [6.07, 6.45) is 0.619. The molecule has 1 N–H and O–H groups in total. The van der Waals surface area contributed by atoms with Gasteiger partial charge in [0.05, 0.1) is 18.1 Å². The largest absolute Gasteiger partial charge is 0.471 e. The first-order valence-electron chi connectivity index (χ1n) is 5.03.